The maximum Gasteiger partial charge on any atom is 0.290 e. The summed E-state index contributed by atoms with van der Waals surface area (Å²) in [5.41, 5.74) is 1.42. The van der Waals surface area contributed by atoms with E-state index in [1.165, 1.54) is 16.2 Å². The maximum atomic E-state index is 13.4. The lowest BCUT2D eigenvalue weighted by atomic mass is 9.96. The fourth-order valence-electron chi connectivity index (χ4n) is 4.05. The largest absolute Gasteiger partial charge is 0.503 e. The van der Waals surface area contributed by atoms with Gasteiger partial charge in [-0.2, -0.15) is 0 Å². The number of aromatic nitrogens is 2. The van der Waals surface area contributed by atoms with Gasteiger partial charge in [0.15, 0.2) is 5.76 Å². The van der Waals surface area contributed by atoms with Crippen LogP contribution in [0.1, 0.15) is 32.0 Å². The van der Waals surface area contributed by atoms with Crippen LogP contribution in [0.3, 0.4) is 0 Å². The number of aliphatic hydroxyl groups is 1. The number of hydrogen-bond acceptors (Lipinski definition) is 7. The summed E-state index contributed by atoms with van der Waals surface area (Å²) in [6.07, 6.45) is 3.29. The fraction of sp³-hybridized carbons (Fsp3) is 0.429. The van der Waals surface area contributed by atoms with E-state index in [0.29, 0.717) is 35.9 Å². The summed E-state index contributed by atoms with van der Waals surface area (Å²) in [5.74, 6) is -1.34. The SMILES string of the molecule is Cc1nc(C)c(C(=O)C2=C(O)C(=O)N(CC[NH+]3CCOCC3)[C@H]2c2cccnc2)s1. The Kier molecular flexibility index (Phi) is 5.94. The molecule has 0 bridgehead atoms. The minimum Gasteiger partial charge on any atom is -0.503 e. The van der Waals surface area contributed by atoms with Gasteiger partial charge in [-0.25, -0.2) is 4.98 Å². The van der Waals surface area contributed by atoms with E-state index in [4.69, 9.17) is 4.74 Å². The first-order chi connectivity index (χ1) is 14.5. The molecular formula is C21H25N4O4S+. The number of pyridine rings is 1. The first-order valence-electron chi connectivity index (χ1n) is 10.0. The molecule has 1 fully saturated rings. The number of carbonyl (C=O) groups is 2. The number of aryl methyl sites for hydroxylation is 2. The summed E-state index contributed by atoms with van der Waals surface area (Å²) >= 11 is 1.28. The number of morpholine rings is 1. The Morgan fingerprint density at radius 2 is 2.13 bits per heavy atom. The van der Waals surface area contributed by atoms with Crippen molar-refractivity contribution in [2.24, 2.45) is 0 Å². The topological polar surface area (TPSA) is 97.1 Å². The highest BCUT2D eigenvalue weighted by molar-refractivity contribution is 7.14. The Hall–Kier alpha value is -2.62. The molecule has 0 radical (unpaired) electrons. The molecule has 4 rings (SSSR count). The normalized spacial score (nSPS) is 20.3. The summed E-state index contributed by atoms with van der Waals surface area (Å²) in [7, 11) is 0. The smallest absolute Gasteiger partial charge is 0.290 e. The van der Waals surface area contributed by atoms with Gasteiger partial charge in [0.05, 0.1) is 53.5 Å². The molecule has 0 unspecified atom stereocenters. The third kappa shape index (κ3) is 3.88. The molecule has 8 nitrogen and oxygen atoms in total. The molecule has 9 heteroatoms. The van der Waals surface area contributed by atoms with Gasteiger partial charge in [-0.1, -0.05) is 6.07 Å². The quantitative estimate of drug-likeness (QED) is 0.655. The van der Waals surface area contributed by atoms with E-state index in [1.807, 2.05) is 13.0 Å². The van der Waals surface area contributed by atoms with Gasteiger partial charge in [-0.3, -0.25) is 14.6 Å². The number of carbonyl (C=O) groups excluding carboxylic acids is 2. The van der Waals surface area contributed by atoms with Gasteiger partial charge in [0.2, 0.25) is 5.78 Å². The number of ketones is 1. The highest BCUT2D eigenvalue weighted by Gasteiger charge is 2.44. The van der Waals surface area contributed by atoms with Crippen LogP contribution < -0.4 is 4.90 Å². The van der Waals surface area contributed by atoms with Gasteiger partial charge in [0.25, 0.3) is 5.91 Å². The van der Waals surface area contributed by atoms with E-state index >= 15 is 0 Å². The molecule has 2 N–H and O–H groups in total. The van der Waals surface area contributed by atoms with E-state index in [0.717, 1.165) is 24.6 Å². The molecule has 1 saturated heterocycles. The van der Waals surface area contributed by atoms with Crippen molar-refractivity contribution in [2.45, 2.75) is 19.9 Å². The zero-order valence-electron chi connectivity index (χ0n) is 17.1. The van der Waals surface area contributed by atoms with Crippen molar-refractivity contribution in [1.29, 1.82) is 0 Å². The van der Waals surface area contributed by atoms with E-state index in [9.17, 15) is 14.7 Å². The molecule has 2 aromatic rings. The molecule has 0 saturated carbocycles. The van der Waals surface area contributed by atoms with Crippen molar-refractivity contribution >= 4 is 23.0 Å². The number of nitrogens with one attached hydrogen (secondary N) is 1. The van der Waals surface area contributed by atoms with E-state index in [2.05, 4.69) is 9.97 Å². The lowest BCUT2D eigenvalue weighted by Crippen LogP contribution is -3.14. The zero-order chi connectivity index (χ0) is 21.3. The van der Waals surface area contributed by atoms with Crippen molar-refractivity contribution < 1.29 is 24.3 Å². The van der Waals surface area contributed by atoms with E-state index in [1.54, 1.807) is 30.3 Å². The minimum atomic E-state index is -0.666. The predicted molar refractivity (Wildman–Crippen MR) is 111 cm³/mol. The second-order valence-corrected chi connectivity index (χ2v) is 8.74. The number of ether oxygens (including phenoxy) is 1. The summed E-state index contributed by atoms with van der Waals surface area (Å²) in [4.78, 5) is 38.3. The van der Waals surface area contributed by atoms with Crippen LogP contribution in [-0.4, -0.2) is 71.1 Å². The molecular weight excluding hydrogens is 404 g/mol. The van der Waals surface area contributed by atoms with Crippen LogP contribution >= 0.6 is 11.3 Å². The Balaban J connectivity index is 1.67. The van der Waals surface area contributed by atoms with Crippen LogP contribution in [0.4, 0.5) is 0 Å². The van der Waals surface area contributed by atoms with Crippen molar-refractivity contribution in [1.82, 2.24) is 14.9 Å². The number of nitrogens with zero attached hydrogens (tertiary/aromatic N) is 3. The van der Waals surface area contributed by atoms with Gasteiger partial charge >= 0.3 is 0 Å². The number of quaternary nitrogens is 1. The molecule has 2 aliphatic rings. The van der Waals surface area contributed by atoms with Crippen LogP contribution in [0.15, 0.2) is 35.9 Å². The van der Waals surface area contributed by atoms with E-state index in [-0.39, 0.29) is 11.4 Å². The monoisotopic (exact) mass is 429 g/mol. The fourth-order valence-corrected chi connectivity index (χ4v) is 4.93. The van der Waals surface area contributed by atoms with Crippen LogP contribution in [0.2, 0.25) is 0 Å². The predicted octanol–water partition coefficient (Wildman–Crippen LogP) is 0.648. The van der Waals surface area contributed by atoms with Crippen molar-refractivity contribution in [3.63, 3.8) is 0 Å². The second-order valence-electron chi connectivity index (χ2n) is 7.54. The van der Waals surface area contributed by atoms with Crippen LogP contribution in [-0.2, 0) is 9.53 Å². The third-order valence-electron chi connectivity index (χ3n) is 5.56. The van der Waals surface area contributed by atoms with Gasteiger partial charge in [-0.15, -0.1) is 11.3 Å². The highest BCUT2D eigenvalue weighted by atomic mass is 32.1. The standard InChI is InChI=1S/C21H24N4O4S/c1-13-20(30-14(2)23-13)18(26)16-17(15-4-3-5-22-12-15)25(21(28)19(16)27)7-6-24-8-10-29-11-9-24/h3-5,12,17,27H,6-11H2,1-2H3/p+1/t17-/m0/s1. The maximum absolute atomic E-state index is 13.4. The average Bonchev–Trinajstić information content (AvgIpc) is 3.23. The van der Waals surface area contributed by atoms with Gasteiger partial charge < -0.3 is 19.6 Å². The molecule has 0 aliphatic carbocycles. The number of amides is 1. The van der Waals surface area contributed by atoms with Crippen LogP contribution in [0, 0.1) is 13.8 Å². The molecule has 0 spiro atoms. The third-order valence-corrected chi connectivity index (χ3v) is 6.64. The van der Waals surface area contributed by atoms with Crippen LogP contribution in [0.25, 0.3) is 0 Å². The average molecular weight is 430 g/mol. The Labute approximate surface area is 178 Å². The molecule has 30 heavy (non-hydrogen) atoms. The second kappa shape index (κ2) is 8.63. The lowest BCUT2D eigenvalue weighted by molar-refractivity contribution is -0.907. The minimum absolute atomic E-state index is 0.108. The van der Waals surface area contributed by atoms with E-state index < -0.39 is 17.7 Å². The lowest BCUT2D eigenvalue weighted by Gasteiger charge is -2.29. The Bertz CT molecular complexity index is 982. The van der Waals surface area contributed by atoms with Gasteiger partial charge in [0, 0.05) is 12.4 Å². The summed E-state index contributed by atoms with van der Waals surface area (Å²) in [6, 6.07) is 2.93. The Morgan fingerprint density at radius 1 is 1.37 bits per heavy atom. The van der Waals surface area contributed by atoms with Crippen LogP contribution in [0.5, 0.6) is 0 Å². The molecule has 158 valence electrons. The molecule has 0 aromatic carbocycles. The zero-order valence-corrected chi connectivity index (χ0v) is 17.9. The van der Waals surface area contributed by atoms with Crippen molar-refractivity contribution in [3.8, 4) is 0 Å². The number of thiazole rings is 1. The number of rotatable bonds is 6. The summed E-state index contributed by atoms with van der Waals surface area (Å²) < 4.78 is 5.40. The summed E-state index contributed by atoms with van der Waals surface area (Å²) in [6.45, 7) is 7.91. The first kappa shape index (κ1) is 20.6. The number of hydrogen-bond donors (Lipinski definition) is 2. The molecule has 2 aliphatic heterocycles. The highest BCUT2D eigenvalue weighted by Crippen LogP contribution is 2.39. The first-order valence-corrected chi connectivity index (χ1v) is 10.8. The number of Topliss-reactive ketones (excluding diaryl/α,β-unsaturated/α-hetero) is 1. The number of aliphatic hydroxyl groups excluding tert-OH is 1. The Morgan fingerprint density at radius 3 is 2.77 bits per heavy atom. The molecule has 1 atom stereocenters. The molecule has 1 amide bonds. The van der Waals surface area contributed by atoms with Crippen molar-refractivity contribution in [2.75, 3.05) is 39.4 Å². The van der Waals surface area contributed by atoms with Crippen molar-refractivity contribution in [3.05, 3.63) is 57.0 Å². The summed E-state index contributed by atoms with van der Waals surface area (Å²) in [5, 5.41) is 11.5. The van der Waals surface area contributed by atoms with Gasteiger partial charge in [-0.05, 0) is 25.5 Å². The van der Waals surface area contributed by atoms with Gasteiger partial charge in [0.1, 0.15) is 13.1 Å². The molecule has 2 aromatic heterocycles. The molecule has 4 heterocycles.